The summed E-state index contributed by atoms with van der Waals surface area (Å²) in [5.74, 6) is 0. The van der Waals surface area contributed by atoms with Crippen molar-refractivity contribution >= 4 is 369 Å². The summed E-state index contributed by atoms with van der Waals surface area (Å²) >= 11 is 40.7. The SMILES string of the molecule is [Ca+2].[Ca+2].[Ca+2].[Ca+2].[Ca+2].[Ca+2].[O-]Cl.[O-]Cl.[O-]Cl.[O-]Cl.[O-]Cl.[O-]Cl.[O-]Cl.[O-]Cl.[O-]Cl.[O-]Cl.[O-]Cl.[O-]Cl. The van der Waals surface area contributed by atoms with Gasteiger partial charge >= 0.3 is 226 Å². The molecule has 0 saturated heterocycles. The van der Waals surface area contributed by atoms with Gasteiger partial charge in [0, 0.05) is 0 Å². The molecule has 0 aromatic rings. The number of hydrogen-bond acceptors (Lipinski definition) is 12. The van der Waals surface area contributed by atoms with Gasteiger partial charge in [0.05, 0.1) is 0 Å². The number of hydrogen-bond donors (Lipinski definition) is 0. The van der Waals surface area contributed by atoms with E-state index in [2.05, 4.69) is 142 Å². The molecule has 168 valence electrons. The van der Waals surface area contributed by atoms with Crippen molar-refractivity contribution in [1.29, 1.82) is 0 Å². The fourth-order valence-corrected chi connectivity index (χ4v) is 0. The minimum atomic E-state index is 0. The molecule has 0 fully saturated rings. The second kappa shape index (κ2) is 528. The van der Waals surface area contributed by atoms with Crippen molar-refractivity contribution in [3.05, 3.63) is 0 Å². The quantitative estimate of drug-likeness (QED) is 0.206. The van der Waals surface area contributed by atoms with Crippen LogP contribution in [-0.2, 0) is 0 Å². The third-order valence-corrected chi connectivity index (χ3v) is 0. The van der Waals surface area contributed by atoms with Gasteiger partial charge in [-0.05, 0) is 0 Å². The maximum Gasteiger partial charge on any atom is 2.00 e. The molecule has 0 aromatic carbocycles. The number of halogens is 12. The summed E-state index contributed by atoms with van der Waals surface area (Å²) in [6.45, 7) is 0. The van der Waals surface area contributed by atoms with Gasteiger partial charge in [-0.3, -0.25) is 0 Å². The Kier molecular flexibility index (Phi) is 2190. The number of rotatable bonds is 0. The van der Waals surface area contributed by atoms with Gasteiger partial charge in [0.2, 0.25) is 0 Å². The van der Waals surface area contributed by atoms with E-state index in [9.17, 15) is 0 Å². The second-order valence-electron chi connectivity index (χ2n) is 0. The summed E-state index contributed by atoms with van der Waals surface area (Å²) in [6.07, 6.45) is 0. The van der Waals surface area contributed by atoms with E-state index >= 15 is 0 Å². The van der Waals surface area contributed by atoms with E-state index in [-0.39, 0.29) is 226 Å². The Morgan fingerprint density at radius 3 is 0.133 bits per heavy atom. The maximum absolute atomic E-state index is 7.72. The molecule has 0 heterocycles. The molecule has 0 saturated carbocycles. The van der Waals surface area contributed by atoms with Gasteiger partial charge < -0.3 is 55.9 Å². The second-order valence-corrected chi connectivity index (χ2v) is 0. The maximum atomic E-state index is 7.72. The average Bonchev–Trinajstić information content (AvgIpc) is 2.84. The van der Waals surface area contributed by atoms with Crippen molar-refractivity contribution in [3.8, 4) is 0 Å². The monoisotopic (exact) mass is 851 g/mol. The molecule has 0 radical (unpaired) electrons. The molecule has 0 aliphatic rings. The third kappa shape index (κ3) is 488. The van der Waals surface area contributed by atoms with Crippen LogP contribution >= 0.6 is 142 Å². The largest absolute Gasteiger partial charge is 2.00 e. The molecule has 0 aliphatic carbocycles. The van der Waals surface area contributed by atoms with Gasteiger partial charge in [-0.25, -0.2) is 142 Å². The fourth-order valence-electron chi connectivity index (χ4n) is 0. The zero-order valence-electron chi connectivity index (χ0n) is 13.7. The van der Waals surface area contributed by atoms with Crippen molar-refractivity contribution in [2.45, 2.75) is 0 Å². The summed E-state index contributed by atoms with van der Waals surface area (Å²) in [6, 6.07) is 0. The molecule has 0 aliphatic heterocycles. The van der Waals surface area contributed by atoms with Crippen LogP contribution in [0.5, 0.6) is 0 Å². The zero-order valence-corrected chi connectivity index (χ0v) is 36.0. The van der Waals surface area contributed by atoms with Crippen molar-refractivity contribution < 1.29 is 55.9 Å². The minimum Gasteiger partial charge on any atom is -0.769 e. The van der Waals surface area contributed by atoms with Gasteiger partial charge in [0.25, 0.3) is 0 Å². The van der Waals surface area contributed by atoms with Gasteiger partial charge in [-0.15, -0.1) is 0 Å². The fraction of sp³-hybridized carbons (Fsp3) is 0. The van der Waals surface area contributed by atoms with Crippen molar-refractivity contribution in [2.75, 3.05) is 0 Å². The van der Waals surface area contributed by atoms with Crippen LogP contribution in [0.3, 0.4) is 0 Å². The molecule has 0 spiro atoms. The Balaban J connectivity index is -0.00000000321. The molecular weight excluding hydrogens is 858 g/mol. The standard InChI is InChI=1S/6Ca.12ClO/c;;;;;;12*1-2/q6*+2;12*-1. The Hall–Kier alpha value is 10.6. The van der Waals surface area contributed by atoms with Crippen LogP contribution in [-0.4, -0.2) is 226 Å². The van der Waals surface area contributed by atoms with Gasteiger partial charge in [-0.1, -0.05) is 0 Å². The molecule has 0 aromatic heterocycles. The van der Waals surface area contributed by atoms with Crippen molar-refractivity contribution in [2.24, 2.45) is 0 Å². The van der Waals surface area contributed by atoms with Crippen molar-refractivity contribution in [1.82, 2.24) is 0 Å². The summed E-state index contributed by atoms with van der Waals surface area (Å²) in [5.41, 5.74) is 0. The Morgan fingerprint density at radius 1 is 0.133 bits per heavy atom. The first-order valence-electron chi connectivity index (χ1n) is 1.85. The molecular formula is Ca6Cl12O12. The zero-order chi connectivity index (χ0) is 24.0. The molecule has 0 atom stereocenters. The smallest absolute Gasteiger partial charge is 0.769 e. The third-order valence-electron chi connectivity index (χ3n) is 0. The first-order chi connectivity index (χ1) is 12.0. The molecule has 12 nitrogen and oxygen atoms in total. The van der Waals surface area contributed by atoms with Gasteiger partial charge in [0.1, 0.15) is 0 Å². The normalized spacial score (nSPS) is 2.40. The van der Waals surface area contributed by atoms with Crippen LogP contribution in [0.1, 0.15) is 0 Å². The van der Waals surface area contributed by atoms with Gasteiger partial charge in [0.15, 0.2) is 0 Å². The van der Waals surface area contributed by atoms with E-state index in [0.717, 1.165) is 0 Å². The molecule has 0 N–H and O–H groups in total. The molecule has 30 heteroatoms. The van der Waals surface area contributed by atoms with E-state index in [1.165, 1.54) is 0 Å². The van der Waals surface area contributed by atoms with Crippen LogP contribution in [0.15, 0.2) is 0 Å². The Morgan fingerprint density at radius 2 is 0.133 bits per heavy atom. The van der Waals surface area contributed by atoms with E-state index in [1.54, 1.807) is 0 Å². The van der Waals surface area contributed by atoms with E-state index in [1.807, 2.05) is 0 Å². The van der Waals surface area contributed by atoms with Crippen LogP contribution in [0.25, 0.3) is 0 Å². The van der Waals surface area contributed by atoms with Gasteiger partial charge in [-0.2, -0.15) is 0 Å². The average molecular weight is 858 g/mol. The molecule has 30 heavy (non-hydrogen) atoms. The Labute approximate surface area is 413 Å². The van der Waals surface area contributed by atoms with Crippen LogP contribution in [0.2, 0.25) is 0 Å². The predicted molar refractivity (Wildman–Crippen MR) is 105 cm³/mol. The molecule has 0 rings (SSSR count). The van der Waals surface area contributed by atoms with Crippen LogP contribution < -0.4 is 55.9 Å². The summed E-state index contributed by atoms with van der Waals surface area (Å²) in [7, 11) is 0. The van der Waals surface area contributed by atoms with Crippen LogP contribution in [0.4, 0.5) is 0 Å². The first kappa shape index (κ1) is 125. The Bertz CT molecular complexity index is 45.7. The first-order valence-corrected chi connectivity index (χ1v) is 5.55. The van der Waals surface area contributed by atoms with Crippen LogP contribution in [0, 0.1) is 0 Å². The molecule has 0 unspecified atom stereocenters. The molecule has 0 amide bonds. The predicted octanol–water partition coefficient (Wildman–Crippen LogP) is -8.28. The van der Waals surface area contributed by atoms with E-state index in [4.69, 9.17) is 55.9 Å². The topological polar surface area (TPSA) is 277 Å². The van der Waals surface area contributed by atoms with E-state index in [0.29, 0.717) is 0 Å². The summed E-state index contributed by atoms with van der Waals surface area (Å²) in [5, 5.41) is 0. The van der Waals surface area contributed by atoms with E-state index < -0.39 is 0 Å². The molecule has 0 bridgehead atoms. The summed E-state index contributed by atoms with van der Waals surface area (Å²) < 4.78 is 92.7. The van der Waals surface area contributed by atoms with Crippen molar-refractivity contribution in [3.63, 3.8) is 0 Å². The summed E-state index contributed by atoms with van der Waals surface area (Å²) in [4.78, 5) is 0. The minimum absolute atomic E-state index is 0.